The molecule has 2 aromatic carbocycles. The number of ether oxygens (including phenoxy) is 1. The zero-order valence-corrected chi connectivity index (χ0v) is 21.9. The number of carbonyl (C=O) groups excluding carboxylic acids is 1. The number of carbonyl (C=O) groups is 1. The summed E-state index contributed by atoms with van der Waals surface area (Å²) in [7, 11) is 0. The third kappa shape index (κ3) is 4.24. The van der Waals surface area contributed by atoms with Gasteiger partial charge in [0.1, 0.15) is 11.3 Å². The Balaban J connectivity index is 1.27. The lowest BCUT2D eigenvalue weighted by atomic mass is 9.66. The van der Waals surface area contributed by atoms with Crippen LogP contribution in [0, 0.1) is 12.8 Å². The van der Waals surface area contributed by atoms with Crippen molar-refractivity contribution in [3.05, 3.63) is 74.1 Å². The molecule has 0 unspecified atom stereocenters. The Labute approximate surface area is 221 Å². The molecule has 1 aliphatic heterocycles. The van der Waals surface area contributed by atoms with Crippen molar-refractivity contribution < 1.29 is 19.1 Å². The van der Waals surface area contributed by atoms with Crippen LogP contribution in [-0.2, 0) is 17.6 Å². The summed E-state index contributed by atoms with van der Waals surface area (Å²) in [4.78, 5) is 28.0. The third-order valence-corrected chi connectivity index (χ3v) is 9.04. The summed E-state index contributed by atoms with van der Waals surface area (Å²) in [6.45, 7) is 2.21. The Kier molecular flexibility index (Phi) is 6.28. The molecule has 3 atom stereocenters. The van der Waals surface area contributed by atoms with Gasteiger partial charge in [0.25, 0.3) is 5.91 Å². The van der Waals surface area contributed by atoms with Gasteiger partial charge in [-0.15, -0.1) is 0 Å². The lowest BCUT2D eigenvalue weighted by Crippen LogP contribution is -2.56. The second-order valence-electron chi connectivity index (χ2n) is 10.8. The number of benzene rings is 2. The van der Waals surface area contributed by atoms with E-state index in [0.717, 1.165) is 72.6 Å². The smallest absolute Gasteiger partial charge is 0.339 e. The van der Waals surface area contributed by atoms with Crippen LogP contribution >= 0.6 is 11.6 Å². The number of hydrogen-bond acceptors (Lipinski definition) is 5. The van der Waals surface area contributed by atoms with Crippen LogP contribution in [0.4, 0.5) is 0 Å². The quantitative estimate of drug-likeness (QED) is 0.457. The molecule has 2 heterocycles. The Bertz CT molecular complexity index is 1410. The molecule has 1 amide bonds. The van der Waals surface area contributed by atoms with E-state index in [1.807, 2.05) is 48.2 Å². The van der Waals surface area contributed by atoms with E-state index >= 15 is 0 Å². The van der Waals surface area contributed by atoms with Crippen LogP contribution in [0.15, 0.2) is 45.6 Å². The summed E-state index contributed by atoms with van der Waals surface area (Å²) in [5.74, 6) is 0.387. The molecule has 6 nitrogen and oxygen atoms in total. The van der Waals surface area contributed by atoms with Crippen molar-refractivity contribution >= 4 is 28.5 Å². The minimum Gasteiger partial charge on any atom is -0.483 e. The second kappa shape index (κ2) is 9.48. The van der Waals surface area contributed by atoms with Gasteiger partial charge in [-0.1, -0.05) is 36.6 Å². The van der Waals surface area contributed by atoms with Gasteiger partial charge in [-0.3, -0.25) is 4.79 Å². The van der Waals surface area contributed by atoms with Crippen molar-refractivity contribution in [2.24, 2.45) is 5.92 Å². The summed E-state index contributed by atoms with van der Waals surface area (Å²) in [6.07, 6.45) is 6.88. The standard InChI is InChI=1S/C30H32ClNO5/c1-18-25(13-12-22-21-5-4-6-23(21)29(34)37-28(18)22)36-17-26(33)32-16-15-30(35)14-3-2-7-24(30)27(32)19-8-10-20(31)11-9-19/h8-13,24,27,35H,2-7,14-17H2,1H3/t24-,27-,30+/m0/s1. The Hall–Kier alpha value is -2.83. The maximum absolute atomic E-state index is 13.6. The zero-order chi connectivity index (χ0) is 25.7. The number of nitrogens with zero attached hydrogens (tertiary/aromatic N) is 1. The monoisotopic (exact) mass is 521 g/mol. The molecule has 2 aliphatic carbocycles. The molecule has 3 aliphatic rings. The highest BCUT2D eigenvalue weighted by Gasteiger charge is 2.50. The Morgan fingerprint density at radius 3 is 2.70 bits per heavy atom. The minimum absolute atomic E-state index is 0.0288. The molecular formula is C30H32ClNO5. The van der Waals surface area contributed by atoms with Crippen LogP contribution in [0.5, 0.6) is 5.75 Å². The first-order valence-corrected chi connectivity index (χ1v) is 13.7. The van der Waals surface area contributed by atoms with Gasteiger partial charge in [0, 0.05) is 34.0 Å². The number of rotatable bonds is 4. The fourth-order valence-corrected chi connectivity index (χ4v) is 7.00. The molecule has 1 aromatic heterocycles. The number of hydrogen-bond donors (Lipinski definition) is 1. The normalized spacial score (nSPS) is 25.1. The summed E-state index contributed by atoms with van der Waals surface area (Å²) >= 11 is 6.15. The van der Waals surface area contributed by atoms with Crippen molar-refractivity contribution in [2.75, 3.05) is 13.2 Å². The van der Waals surface area contributed by atoms with E-state index in [0.29, 0.717) is 29.3 Å². The van der Waals surface area contributed by atoms with Gasteiger partial charge in [0.2, 0.25) is 0 Å². The van der Waals surface area contributed by atoms with Gasteiger partial charge < -0.3 is 19.2 Å². The lowest BCUT2D eigenvalue weighted by molar-refractivity contribution is -0.157. The zero-order valence-electron chi connectivity index (χ0n) is 21.1. The highest BCUT2D eigenvalue weighted by Crippen LogP contribution is 2.49. The second-order valence-corrected chi connectivity index (χ2v) is 11.3. The van der Waals surface area contributed by atoms with Crippen molar-refractivity contribution in [2.45, 2.75) is 69.9 Å². The number of amides is 1. The lowest BCUT2D eigenvalue weighted by Gasteiger charge is -2.52. The van der Waals surface area contributed by atoms with Gasteiger partial charge in [0.15, 0.2) is 6.61 Å². The summed E-state index contributed by atoms with van der Waals surface area (Å²) < 4.78 is 11.7. The summed E-state index contributed by atoms with van der Waals surface area (Å²) in [6, 6.07) is 11.2. The largest absolute Gasteiger partial charge is 0.483 e. The van der Waals surface area contributed by atoms with E-state index in [1.54, 1.807) is 0 Å². The minimum atomic E-state index is -0.757. The van der Waals surface area contributed by atoms with Crippen LogP contribution in [0.2, 0.25) is 5.02 Å². The highest BCUT2D eigenvalue weighted by atomic mass is 35.5. The fraction of sp³-hybridized carbons (Fsp3) is 0.467. The van der Waals surface area contributed by atoms with Crippen molar-refractivity contribution in [1.82, 2.24) is 4.90 Å². The third-order valence-electron chi connectivity index (χ3n) is 8.79. The Morgan fingerprint density at radius 1 is 1.11 bits per heavy atom. The van der Waals surface area contributed by atoms with E-state index in [-0.39, 0.29) is 30.1 Å². The highest BCUT2D eigenvalue weighted by molar-refractivity contribution is 6.30. The molecule has 0 radical (unpaired) electrons. The molecule has 1 saturated heterocycles. The molecule has 1 N–H and O–H groups in total. The average molecular weight is 522 g/mol. The molecule has 0 spiro atoms. The SMILES string of the molecule is Cc1c(OCC(=O)N2CC[C@]3(O)CCCC[C@H]3[C@@H]2c2ccc(Cl)cc2)ccc2c3c(c(=O)oc12)CCC3. The first-order valence-electron chi connectivity index (χ1n) is 13.3. The number of piperidine rings is 1. The van der Waals surface area contributed by atoms with Crippen molar-refractivity contribution in [3.8, 4) is 5.75 Å². The first-order chi connectivity index (χ1) is 17.9. The molecule has 7 heteroatoms. The molecule has 0 bridgehead atoms. The van der Waals surface area contributed by atoms with Gasteiger partial charge in [-0.2, -0.15) is 0 Å². The van der Waals surface area contributed by atoms with E-state index in [4.69, 9.17) is 20.8 Å². The van der Waals surface area contributed by atoms with E-state index < -0.39 is 5.60 Å². The van der Waals surface area contributed by atoms with Crippen LogP contribution in [0.3, 0.4) is 0 Å². The number of likely N-dealkylation sites (tertiary alicyclic amines) is 1. The molecular weight excluding hydrogens is 490 g/mol. The predicted octanol–water partition coefficient (Wildman–Crippen LogP) is 5.52. The molecule has 194 valence electrons. The van der Waals surface area contributed by atoms with E-state index in [2.05, 4.69) is 0 Å². The molecule has 1 saturated carbocycles. The molecule has 6 rings (SSSR count). The van der Waals surface area contributed by atoms with Gasteiger partial charge in [0.05, 0.1) is 11.6 Å². The van der Waals surface area contributed by atoms with Gasteiger partial charge in [-0.05, 0) is 80.8 Å². The van der Waals surface area contributed by atoms with Crippen LogP contribution < -0.4 is 10.4 Å². The number of aliphatic hydroxyl groups is 1. The van der Waals surface area contributed by atoms with Gasteiger partial charge in [-0.25, -0.2) is 4.79 Å². The van der Waals surface area contributed by atoms with Crippen molar-refractivity contribution in [1.29, 1.82) is 0 Å². The van der Waals surface area contributed by atoms with E-state index in [9.17, 15) is 14.7 Å². The fourth-order valence-electron chi connectivity index (χ4n) is 6.88. The average Bonchev–Trinajstić information content (AvgIpc) is 3.39. The van der Waals surface area contributed by atoms with Crippen LogP contribution in [0.25, 0.3) is 11.0 Å². The maximum atomic E-state index is 13.6. The molecule has 37 heavy (non-hydrogen) atoms. The van der Waals surface area contributed by atoms with Gasteiger partial charge >= 0.3 is 5.63 Å². The number of aryl methyl sites for hydroxylation is 2. The van der Waals surface area contributed by atoms with E-state index in [1.165, 1.54) is 0 Å². The summed E-state index contributed by atoms with van der Waals surface area (Å²) in [5.41, 5.74) is 3.10. The number of fused-ring (bicyclic) bond motifs is 4. The molecule has 3 aromatic rings. The van der Waals surface area contributed by atoms with Crippen LogP contribution in [0.1, 0.15) is 66.8 Å². The molecule has 2 fully saturated rings. The van der Waals surface area contributed by atoms with Crippen molar-refractivity contribution in [3.63, 3.8) is 0 Å². The maximum Gasteiger partial charge on any atom is 0.339 e. The number of halogens is 1. The summed E-state index contributed by atoms with van der Waals surface area (Å²) in [5, 5.41) is 13.1. The van der Waals surface area contributed by atoms with Crippen LogP contribution in [-0.4, -0.2) is 34.7 Å². The Morgan fingerprint density at radius 2 is 1.89 bits per heavy atom. The first kappa shape index (κ1) is 24.5. The topological polar surface area (TPSA) is 80.0 Å². The predicted molar refractivity (Wildman–Crippen MR) is 142 cm³/mol.